The number of rotatable bonds is 8. The zero-order valence-corrected chi connectivity index (χ0v) is 20.5. The molecular formula is C30H27NO5. The molecule has 0 spiro atoms. The molecule has 0 bridgehead atoms. The van der Waals surface area contributed by atoms with Gasteiger partial charge in [-0.2, -0.15) is 0 Å². The van der Waals surface area contributed by atoms with Crippen LogP contribution in [0.25, 0.3) is 33.6 Å². The SMILES string of the molecule is CCOC(=O)c1c(-c2ccccc2)nc(-c2ccccc2)c(C(=O)OCC)c1-c1ccc(OC)cc1. The summed E-state index contributed by atoms with van der Waals surface area (Å²) in [5.41, 5.74) is 3.75. The number of pyridine rings is 1. The van der Waals surface area contributed by atoms with Crippen molar-refractivity contribution >= 4 is 11.9 Å². The Labute approximate surface area is 210 Å². The van der Waals surface area contributed by atoms with Gasteiger partial charge in [-0.1, -0.05) is 72.8 Å². The van der Waals surface area contributed by atoms with Crippen molar-refractivity contribution in [3.8, 4) is 39.4 Å². The fourth-order valence-corrected chi connectivity index (χ4v) is 4.05. The van der Waals surface area contributed by atoms with E-state index < -0.39 is 11.9 Å². The molecule has 6 nitrogen and oxygen atoms in total. The van der Waals surface area contributed by atoms with Crippen molar-refractivity contribution in [3.63, 3.8) is 0 Å². The molecule has 0 atom stereocenters. The summed E-state index contributed by atoms with van der Waals surface area (Å²) in [5, 5.41) is 0. The number of aromatic nitrogens is 1. The highest BCUT2D eigenvalue weighted by atomic mass is 16.5. The number of hydrogen-bond acceptors (Lipinski definition) is 6. The number of hydrogen-bond donors (Lipinski definition) is 0. The van der Waals surface area contributed by atoms with Crippen LogP contribution < -0.4 is 4.74 Å². The fourth-order valence-electron chi connectivity index (χ4n) is 4.05. The summed E-state index contributed by atoms with van der Waals surface area (Å²) in [6, 6.07) is 26.0. The van der Waals surface area contributed by atoms with Crippen LogP contribution in [0.1, 0.15) is 34.6 Å². The van der Waals surface area contributed by atoms with E-state index in [0.29, 0.717) is 28.3 Å². The minimum absolute atomic E-state index is 0.171. The second kappa shape index (κ2) is 11.3. The number of carbonyl (C=O) groups is 2. The molecule has 0 unspecified atom stereocenters. The summed E-state index contributed by atoms with van der Waals surface area (Å²) in [6.45, 7) is 3.82. The highest BCUT2D eigenvalue weighted by molar-refractivity contribution is 6.12. The van der Waals surface area contributed by atoms with Crippen LogP contribution >= 0.6 is 0 Å². The van der Waals surface area contributed by atoms with Crippen LogP contribution in [0, 0.1) is 0 Å². The van der Waals surface area contributed by atoms with E-state index in [9.17, 15) is 9.59 Å². The van der Waals surface area contributed by atoms with E-state index in [4.69, 9.17) is 19.2 Å². The molecule has 182 valence electrons. The fraction of sp³-hybridized carbons (Fsp3) is 0.167. The molecule has 0 saturated heterocycles. The van der Waals surface area contributed by atoms with Crippen molar-refractivity contribution in [3.05, 3.63) is 96.1 Å². The maximum absolute atomic E-state index is 13.5. The normalized spacial score (nSPS) is 10.5. The highest BCUT2D eigenvalue weighted by Crippen LogP contribution is 2.40. The zero-order valence-electron chi connectivity index (χ0n) is 20.5. The standard InChI is InChI=1S/C30H27NO5/c1-4-35-29(32)25-24(20-16-18-23(34-3)19-17-20)26(30(33)36-5-2)28(22-14-10-7-11-15-22)31-27(25)21-12-8-6-9-13-21/h6-19H,4-5H2,1-3H3. The van der Waals surface area contributed by atoms with E-state index in [1.54, 1.807) is 33.1 Å². The summed E-state index contributed by atoms with van der Waals surface area (Å²) in [7, 11) is 1.58. The van der Waals surface area contributed by atoms with E-state index >= 15 is 0 Å². The number of carbonyl (C=O) groups excluding carboxylic acids is 2. The van der Waals surface area contributed by atoms with Crippen molar-refractivity contribution in [1.82, 2.24) is 4.98 Å². The van der Waals surface area contributed by atoms with E-state index in [0.717, 1.165) is 11.1 Å². The van der Waals surface area contributed by atoms with Gasteiger partial charge in [-0.25, -0.2) is 14.6 Å². The first-order valence-corrected chi connectivity index (χ1v) is 11.8. The molecule has 1 heterocycles. The molecule has 36 heavy (non-hydrogen) atoms. The van der Waals surface area contributed by atoms with Crippen molar-refractivity contribution < 1.29 is 23.8 Å². The second-order valence-electron chi connectivity index (χ2n) is 7.84. The number of ether oxygens (including phenoxy) is 3. The van der Waals surface area contributed by atoms with Crippen LogP contribution in [0.2, 0.25) is 0 Å². The highest BCUT2D eigenvalue weighted by Gasteiger charge is 2.31. The monoisotopic (exact) mass is 481 g/mol. The minimum atomic E-state index is -0.570. The number of benzene rings is 3. The molecule has 0 amide bonds. The molecule has 0 N–H and O–H groups in total. The Morgan fingerprint density at radius 1 is 0.639 bits per heavy atom. The van der Waals surface area contributed by atoms with Crippen LogP contribution in [0.3, 0.4) is 0 Å². The summed E-state index contributed by atoms with van der Waals surface area (Å²) in [5.74, 6) is -0.491. The predicted octanol–water partition coefficient (Wildman–Crippen LogP) is 6.44. The third kappa shape index (κ3) is 4.98. The van der Waals surface area contributed by atoms with E-state index in [-0.39, 0.29) is 24.3 Å². The second-order valence-corrected chi connectivity index (χ2v) is 7.84. The third-order valence-corrected chi connectivity index (χ3v) is 5.63. The largest absolute Gasteiger partial charge is 0.497 e. The first-order chi connectivity index (χ1) is 17.6. The lowest BCUT2D eigenvalue weighted by Gasteiger charge is -2.21. The summed E-state index contributed by atoms with van der Waals surface area (Å²) < 4.78 is 16.3. The van der Waals surface area contributed by atoms with Crippen LogP contribution in [-0.2, 0) is 9.47 Å². The summed E-state index contributed by atoms with van der Waals surface area (Å²) in [6.07, 6.45) is 0. The average Bonchev–Trinajstić information content (AvgIpc) is 2.93. The molecular weight excluding hydrogens is 454 g/mol. The topological polar surface area (TPSA) is 74.7 Å². The minimum Gasteiger partial charge on any atom is -0.497 e. The maximum atomic E-state index is 13.5. The Bertz CT molecular complexity index is 1270. The average molecular weight is 482 g/mol. The molecule has 4 rings (SSSR count). The van der Waals surface area contributed by atoms with E-state index in [2.05, 4.69) is 0 Å². The van der Waals surface area contributed by atoms with Crippen molar-refractivity contribution in [2.75, 3.05) is 20.3 Å². The predicted molar refractivity (Wildman–Crippen MR) is 139 cm³/mol. The Balaban J connectivity index is 2.19. The molecule has 0 aliphatic carbocycles. The molecule has 0 saturated carbocycles. The van der Waals surface area contributed by atoms with Gasteiger partial charge in [0.25, 0.3) is 0 Å². The lowest BCUT2D eigenvalue weighted by molar-refractivity contribution is 0.0527. The van der Waals surface area contributed by atoms with Crippen molar-refractivity contribution in [1.29, 1.82) is 0 Å². The van der Waals surface area contributed by atoms with Gasteiger partial charge in [-0.3, -0.25) is 0 Å². The van der Waals surface area contributed by atoms with Crippen LogP contribution in [0.5, 0.6) is 5.75 Å². The molecule has 4 aromatic rings. The van der Waals surface area contributed by atoms with Crippen molar-refractivity contribution in [2.24, 2.45) is 0 Å². The van der Waals surface area contributed by atoms with Crippen molar-refractivity contribution in [2.45, 2.75) is 13.8 Å². The number of esters is 2. The molecule has 6 heteroatoms. The Morgan fingerprint density at radius 2 is 1.08 bits per heavy atom. The molecule has 0 fully saturated rings. The quantitative estimate of drug-likeness (QED) is 0.270. The summed E-state index contributed by atoms with van der Waals surface area (Å²) in [4.78, 5) is 31.9. The van der Waals surface area contributed by atoms with Gasteiger partial charge in [0, 0.05) is 16.7 Å². The van der Waals surface area contributed by atoms with Gasteiger partial charge in [-0.15, -0.1) is 0 Å². The van der Waals surface area contributed by atoms with E-state index in [1.807, 2.05) is 72.8 Å². The molecule has 1 aromatic heterocycles. The molecule has 0 aliphatic rings. The lowest BCUT2D eigenvalue weighted by Crippen LogP contribution is -2.17. The summed E-state index contributed by atoms with van der Waals surface area (Å²) >= 11 is 0. The molecule has 0 radical (unpaired) electrons. The Morgan fingerprint density at radius 3 is 1.47 bits per heavy atom. The van der Waals surface area contributed by atoms with Gasteiger partial charge >= 0.3 is 11.9 Å². The van der Waals surface area contributed by atoms with E-state index in [1.165, 1.54) is 0 Å². The van der Waals surface area contributed by atoms with Gasteiger partial charge in [0.2, 0.25) is 0 Å². The van der Waals surface area contributed by atoms with Gasteiger partial charge < -0.3 is 14.2 Å². The Kier molecular flexibility index (Phi) is 7.75. The van der Waals surface area contributed by atoms with Gasteiger partial charge in [-0.05, 0) is 31.5 Å². The smallest absolute Gasteiger partial charge is 0.341 e. The zero-order chi connectivity index (χ0) is 25.5. The first-order valence-electron chi connectivity index (χ1n) is 11.8. The Hall–Kier alpha value is -4.45. The van der Waals surface area contributed by atoms with Gasteiger partial charge in [0.15, 0.2) is 0 Å². The van der Waals surface area contributed by atoms with Crippen LogP contribution in [-0.4, -0.2) is 37.2 Å². The van der Waals surface area contributed by atoms with Crippen LogP contribution in [0.15, 0.2) is 84.9 Å². The van der Waals surface area contributed by atoms with Crippen LogP contribution in [0.4, 0.5) is 0 Å². The maximum Gasteiger partial charge on any atom is 0.341 e. The first kappa shape index (κ1) is 24.7. The van der Waals surface area contributed by atoms with Gasteiger partial charge in [0.1, 0.15) is 5.75 Å². The molecule has 0 aliphatic heterocycles. The third-order valence-electron chi connectivity index (χ3n) is 5.63. The molecule has 3 aromatic carbocycles. The number of nitrogens with zero attached hydrogens (tertiary/aromatic N) is 1. The number of methoxy groups -OCH3 is 1. The van der Waals surface area contributed by atoms with Gasteiger partial charge in [0.05, 0.1) is 42.8 Å². The lowest BCUT2D eigenvalue weighted by atomic mass is 9.88.